The molecule has 0 aromatic carbocycles. The summed E-state index contributed by atoms with van der Waals surface area (Å²) in [7, 11) is 0. The molecule has 1 amide bonds. The Hall–Kier alpha value is -0.650. The number of amides is 1. The first-order valence-corrected chi connectivity index (χ1v) is 5.61. The van der Waals surface area contributed by atoms with E-state index >= 15 is 0 Å². The summed E-state index contributed by atoms with van der Waals surface area (Å²) in [5, 5.41) is 1.91. The van der Waals surface area contributed by atoms with Gasteiger partial charge >= 0.3 is 0 Å². The number of hydrazine groups is 1. The SMILES string of the molecule is CCCC(CN)C(=O)NN1CCOCC1. The molecular weight excluding hydrogens is 194 g/mol. The molecule has 1 aliphatic rings. The van der Waals surface area contributed by atoms with Crippen LogP contribution in [0.25, 0.3) is 0 Å². The quantitative estimate of drug-likeness (QED) is 0.662. The number of carbonyl (C=O) groups is 1. The lowest BCUT2D eigenvalue weighted by molar-refractivity contribution is -0.132. The first-order valence-electron chi connectivity index (χ1n) is 5.61. The maximum Gasteiger partial charge on any atom is 0.238 e. The third-order valence-corrected chi connectivity index (χ3v) is 2.57. The van der Waals surface area contributed by atoms with Gasteiger partial charge in [-0.1, -0.05) is 13.3 Å². The van der Waals surface area contributed by atoms with E-state index in [4.69, 9.17) is 10.5 Å². The van der Waals surface area contributed by atoms with Crippen molar-refractivity contribution >= 4 is 5.91 Å². The standard InChI is InChI=1S/C10H21N3O2/c1-2-3-9(8-11)10(14)12-13-4-6-15-7-5-13/h9H,2-8,11H2,1H3,(H,12,14). The molecule has 1 heterocycles. The van der Waals surface area contributed by atoms with Gasteiger partial charge in [0, 0.05) is 19.6 Å². The molecule has 0 aromatic heterocycles. The van der Waals surface area contributed by atoms with Crippen molar-refractivity contribution in [3.8, 4) is 0 Å². The van der Waals surface area contributed by atoms with Gasteiger partial charge in [0.05, 0.1) is 19.1 Å². The van der Waals surface area contributed by atoms with Crippen LogP contribution in [-0.2, 0) is 9.53 Å². The summed E-state index contributed by atoms with van der Waals surface area (Å²) in [5.74, 6) is -0.0147. The van der Waals surface area contributed by atoms with Crippen molar-refractivity contribution in [2.45, 2.75) is 19.8 Å². The Morgan fingerprint density at radius 3 is 2.73 bits per heavy atom. The number of nitrogens with zero attached hydrogens (tertiary/aromatic N) is 1. The lowest BCUT2D eigenvalue weighted by atomic mass is 10.0. The third-order valence-electron chi connectivity index (χ3n) is 2.57. The molecule has 0 saturated carbocycles. The first-order chi connectivity index (χ1) is 7.27. The molecular formula is C10H21N3O2. The summed E-state index contributed by atoms with van der Waals surface area (Å²) in [5.41, 5.74) is 8.45. The number of hydrogen-bond donors (Lipinski definition) is 2. The molecule has 0 aliphatic carbocycles. The Morgan fingerprint density at radius 1 is 1.53 bits per heavy atom. The molecule has 15 heavy (non-hydrogen) atoms. The smallest absolute Gasteiger partial charge is 0.238 e. The van der Waals surface area contributed by atoms with Crippen molar-refractivity contribution in [1.29, 1.82) is 0 Å². The fraction of sp³-hybridized carbons (Fsp3) is 0.900. The van der Waals surface area contributed by atoms with Gasteiger partial charge in [-0.15, -0.1) is 0 Å². The van der Waals surface area contributed by atoms with E-state index in [1.54, 1.807) is 0 Å². The summed E-state index contributed by atoms with van der Waals surface area (Å²) in [6.07, 6.45) is 1.84. The van der Waals surface area contributed by atoms with Crippen LogP contribution in [0.3, 0.4) is 0 Å². The van der Waals surface area contributed by atoms with E-state index in [2.05, 4.69) is 12.3 Å². The summed E-state index contributed by atoms with van der Waals surface area (Å²) >= 11 is 0. The number of morpholine rings is 1. The average Bonchev–Trinajstić information content (AvgIpc) is 2.27. The predicted molar refractivity (Wildman–Crippen MR) is 58.0 cm³/mol. The highest BCUT2D eigenvalue weighted by Crippen LogP contribution is 2.05. The number of hydrogen-bond acceptors (Lipinski definition) is 4. The van der Waals surface area contributed by atoms with Crippen LogP contribution < -0.4 is 11.2 Å². The van der Waals surface area contributed by atoms with Crippen LogP contribution in [0, 0.1) is 5.92 Å². The molecule has 1 saturated heterocycles. The normalized spacial score (nSPS) is 19.9. The van der Waals surface area contributed by atoms with Crippen LogP contribution in [-0.4, -0.2) is 43.8 Å². The van der Waals surface area contributed by atoms with Crippen LogP contribution in [0.2, 0.25) is 0 Å². The average molecular weight is 215 g/mol. The van der Waals surface area contributed by atoms with E-state index in [9.17, 15) is 4.79 Å². The Morgan fingerprint density at radius 2 is 2.20 bits per heavy atom. The van der Waals surface area contributed by atoms with Gasteiger partial charge in [-0.3, -0.25) is 10.2 Å². The fourth-order valence-electron chi connectivity index (χ4n) is 1.63. The van der Waals surface area contributed by atoms with E-state index in [1.807, 2.05) is 5.01 Å². The Labute approximate surface area is 90.9 Å². The minimum absolute atomic E-state index is 0.0428. The molecule has 0 bridgehead atoms. The van der Waals surface area contributed by atoms with Gasteiger partial charge in [0.15, 0.2) is 0 Å². The summed E-state index contributed by atoms with van der Waals surface area (Å²) in [6.45, 7) is 5.36. The van der Waals surface area contributed by atoms with Crippen LogP contribution in [0.1, 0.15) is 19.8 Å². The van der Waals surface area contributed by atoms with Crippen molar-refractivity contribution in [2.24, 2.45) is 11.7 Å². The highest BCUT2D eigenvalue weighted by molar-refractivity contribution is 5.78. The van der Waals surface area contributed by atoms with Crippen LogP contribution in [0.5, 0.6) is 0 Å². The van der Waals surface area contributed by atoms with Gasteiger partial charge < -0.3 is 10.5 Å². The lowest BCUT2D eigenvalue weighted by Gasteiger charge is -2.28. The zero-order valence-corrected chi connectivity index (χ0v) is 9.37. The lowest BCUT2D eigenvalue weighted by Crippen LogP contribution is -2.51. The van der Waals surface area contributed by atoms with E-state index in [0.717, 1.165) is 25.9 Å². The molecule has 1 unspecified atom stereocenters. The van der Waals surface area contributed by atoms with Crippen molar-refractivity contribution in [3.63, 3.8) is 0 Å². The van der Waals surface area contributed by atoms with Crippen molar-refractivity contribution in [1.82, 2.24) is 10.4 Å². The molecule has 0 spiro atoms. The largest absolute Gasteiger partial charge is 0.379 e. The van der Waals surface area contributed by atoms with Gasteiger partial charge in [-0.25, -0.2) is 5.01 Å². The van der Waals surface area contributed by atoms with Crippen LogP contribution >= 0.6 is 0 Å². The monoisotopic (exact) mass is 215 g/mol. The Balaban J connectivity index is 2.31. The number of nitrogens with two attached hydrogens (primary N) is 1. The Kier molecular flexibility index (Phi) is 5.60. The summed E-state index contributed by atoms with van der Waals surface area (Å²) < 4.78 is 5.20. The van der Waals surface area contributed by atoms with Gasteiger partial charge in [-0.2, -0.15) is 0 Å². The number of carbonyl (C=O) groups excluding carboxylic acids is 1. The molecule has 5 heteroatoms. The minimum atomic E-state index is -0.0576. The molecule has 0 aromatic rings. The van der Waals surface area contributed by atoms with Gasteiger partial charge in [0.2, 0.25) is 5.91 Å². The van der Waals surface area contributed by atoms with Crippen molar-refractivity contribution < 1.29 is 9.53 Å². The molecule has 3 N–H and O–H groups in total. The fourth-order valence-corrected chi connectivity index (χ4v) is 1.63. The van der Waals surface area contributed by atoms with Crippen LogP contribution in [0.15, 0.2) is 0 Å². The van der Waals surface area contributed by atoms with Gasteiger partial charge in [-0.05, 0) is 6.42 Å². The molecule has 0 radical (unpaired) electrons. The molecule has 1 rings (SSSR count). The number of rotatable bonds is 5. The predicted octanol–water partition coefficient (Wildman–Crippen LogP) is -0.275. The van der Waals surface area contributed by atoms with Gasteiger partial charge in [0.25, 0.3) is 0 Å². The molecule has 1 aliphatic heterocycles. The topological polar surface area (TPSA) is 67.6 Å². The van der Waals surface area contributed by atoms with Crippen LogP contribution in [0.4, 0.5) is 0 Å². The third kappa shape index (κ3) is 4.15. The second-order valence-corrected chi connectivity index (χ2v) is 3.80. The van der Waals surface area contributed by atoms with E-state index in [1.165, 1.54) is 0 Å². The van der Waals surface area contributed by atoms with E-state index < -0.39 is 0 Å². The van der Waals surface area contributed by atoms with Crippen molar-refractivity contribution in [2.75, 3.05) is 32.8 Å². The molecule has 1 atom stereocenters. The molecule has 1 fully saturated rings. The zero-order valence-electron chi connectivity index (χ0n) is 9.37. The highest BCUT2D eigenvalue weighted by atomic mass is 16.5. The number of ether oxygens (including phenoxy) is 1. The number of nitrogens with one attached hydrogen (secondary N) is 1. The maximum atomic E-state index is 11.8. The van der Waals surface area contributed by atoms with Gasteiger partial charge in [0.1, 0.15) is 0 Å². The molecule has 5 nitrogen and oxygen atoms in total. The summed E-state index contributed by atoms with van der Waals surface area (Å²) in [4.78, 5) is 11.8. The van der Waals surface area contributed by atoms with E-state index in [-0.39, 0.29) is 11.8 Å². The first kappa shape index (κ1) is 12.4. The van der Waals surface area contributed by atoms with E-state index in [0.29, 0.717) is 19.8 Å². The summed E-state index contributed by atoms with van der Waals surface area (Å²) in [6, 6.07) is 0. The highest BCUT2D eigenvalue weighted by Gasteiger charge is 2.19. The zero-order chi connectivity index (χ0) is 11.1. The minimum Gasteiger partial charge on any atom is -0.379 e. The Bertz CT molecular complexity index is 193. The maximum absolute atomic E-state index is 11.8. The van der Waals surface area contributed by atoms with Crippen molar-refractivity contribution in [3.05, 3.63) is 0 Å². The second kappa shape index (κ2) is 6.76. The second-order valence-electron chi connectivity index (χ2n) is 3.80. The molecule has 88 valence electrons.